The number of benzene rings is 3. The predicted molar refractivity (Wildman–Crippen MR) is 87.5 cm³/mol. The van der Waals surface area contributed by atoms with Crippen molar-refractivity contribution in [1.82, 2.24) is 0 Å². The molecule has 0 bridgehead atoms. The van der Waals surface area contributed by atoms with E-state index in [1.807, 2.05) is 72.8 Å². The summed E-state index contributed by atoms with van der Waals surface area (Å²) in [5.41, 5.74) is 1.09. The van der Waals surface area contributed by atoms with Crippen molar-refractivity contribution < 1.29 is 12.6 Å². The Morgan fingerprint density at radius 3 is 1.70 bits per heavy atom. The Labute approximate surface area is 135 Å². The zero-order valence-electron chi connectivity index (χ0n) is 12.2. The van der Waals surface area contributed by atoms with Gasteiger partial charge in [-0.1, -0.05) is 78.9 Å². The summed E-state index contributed by atoms with van der Waals surface area (Å²) in [4.78, 5) is 0.229. The highest BCUT2D eigenvalue weighted by Crippen LogP contribution is 2.49. The molecule has 0 unspecified atom stereocenters. The van der Waals surface area contributed by atoms with Crippen LogP contribution in [0.1, 0.15) is 16.7 Å². The summed E-state index contributed by atoms with van der Waals surface area (Å²) in [7, 11) is -3.81. The van der Waals surface area contributed by atoms with Gasteiger partial charge in [0.05, 0.1) is 0 Å². The molecule has 3 aromatic rings. The molecule has 1 aliphatic rings. The van der Waals surface area contributed by atoms with E-state index in [-0.39, 0.29) is 4.90 Å². The zero-order chi connectivity index (χ0) is 15.9. The molecule has 0 aliphatic carbocycles. The fourth-order valence-electron chi connectivity index (χ4n) is 3.15. The molecule has 23 heavy (non-hydrogen) atoms. The molecular weight excluding hydrogens is 308 g/mol. The second-order valence-corrected chi connectivity index (χ2v) is 6.96. The second kappa shape index (κ2) is 5.05. The van der Waals surface area contributed by atoms with Crippen LogP contribution >= 0.6 is 0 Å². The van der Waals surface area contributed by atoms with Crippen LogP contribution in [0.3, 0.4) is 0 Å². The third-order valence-electron chi connectivity index (χ3n) is 4.13. The molecule has 0 saturated carbocycles. The summed E-state index contributed by atoms with van der Waals surface area (Å²) >= 11 is 0. The molecule has 0 radical (unpaired) electrons. The van der Waals surface area contributed by atoms with Crippen LogP contribution in [0, 0.1) is 0 Å². The number of hydrogen-bond acceptors (Lipinski definition) is 3. The topological polar surface area (TPSA) is 43.4 Å². The molecule has 0 fully saturated rings. The van der Waals surface area contributed by atoms with E-state index in [2.05, 4.69) is 0 Å². The monoisotopic (exact) mass is 322 g/mol. The SMILES string of the molecule is O=S1(=O)OC(c2ccccc2)(c2ccccc2)c2ccccc21. The molecule has 0 aromatic heterocycles. The lowest BCUT2D eigenvalue weighted by molar-refractivity contribution is 0.180. The van der Waals surface area contributed by atoms with E-state index in [4.69, 9.17) is 4.18 Å². The zero-order valence-corrected chi connectivity index (χ0v) is 13.0. The maximum Gasteiger partial charge on any atom is 0.298 e. The van der Waals surface area contributed by atoms with Gasteiger partial charge in [-0.25, -0.2) is 4.18 Å². The van der Waals surface area contributed by atoms with E-state index in [0.717, 1.165) is 11.1 Å². The molecule has 3 aromatic carbocycles. The summed E-state index contributed by atoms with van der Waals surface area (Å²) in [6.07, 6.45) is 0. The minimum atomic E-state index is -3.81. The van der Waals surface area contributed by atoms with Gasteiger partial charge in [0.1, 0.15) is 4.90 Å². The first-order valence-electron chi connectivity index (χ1n) is 7.31. The van der Waals surface area contributed by atoms with Crippen LogP contribution in [0.4, 0.5) is 0 Å². The second-order valence-electron chi connectivity index (χ2n) is 5.45. The summed E-state index contributed by atoms with van der Waals surface area (Å²) in [5, 5.41) is 0. The number of rotatable bonds is 2. The fourth-order valence-corrected chi connectivity index (χ4v) is 4.58. The summed E-state index contributed by atoms with van der Waals surface area (Å²) < 4.78 is 30.9. The predicted octanol–water partition coefficient (Wildman–Crippen LogP) is 3.70. The van der Waals surface area contributed by atoms with E-state index in [1.165, 1.54) is 0 Å². The van der Waals surface area contributed by atoms with Gasteiger partial charge in [0, 0.05) is 5.56 Å². The standard InChI is InChI=1S/C19H14O3S/c20-23(21)18-14-8-7-13-17(18)19(22-23,15-9-3-1-4-10-15)16-11-5-2-6-12-16/h1-14H. The quantitative estimate of drug-likeness (QED) is 0.676. The van der Waals surface area contributed by atoms with Gasteiger partial charge in [-0.15, -0.1) is 0 Å². The van der Waals surface area contributed by atoms with Crippen LogP contribution in [0.2, 0.25) is 0 Å². The van der Waals surface area contributed by atoms with Crippen LogP contribution in [0.5, 0.6) is 0 Å². The normalized spacial score (nSPS) is 17.6. The summed E-state index contributed by atoms with van der Waals surface area (Å²) in [6, 6.07) is 25.9. The average molecular weight is 322 g/mol. The van der Waals surface area contributed by atoms with E-state index >= 15 is 0 Å². The molecule has 1 aliphatic heterocycles. The smallest absolute Gasteiger partial charge is 0.245 e. The lowest BCUT2D eigenvalue weighted by Gasteiger charge is -2.29. The van der Waals surface area contributed by atoms with Gasteiger partial charge in [0.2, 0.25) is 0 Å². The Hall–Kier alpha value is -2.43. The highest BCUT2D eigenvalue weighted by atomic mass is 32.2. The van der Waals surface area contributed by atoms with Crippen LogP contribution in [0.25, 0.3) is 0 Å². The molecule has 114 valence electrons. The van der Waals surface area contributed by atoms with Gasteiger partial charge in [-0.3, -0.25) is 0 Å². The molecular formula is C19H14O3S. The highest BCUT2D eigenvalue weighted by molar-refractivity contribution is 7.87. The van der Waals surface area contributed by atoms with E-state index in [9.17, 15) is 8.42 Å². The Morgan fingerprint density at radius 2 is 1.13 bits per heavy atom. The number of fused-ring (bicyclic) bond motifs is 1. The summed E-state index contributed by atoms with van der Waals surface area (Å²) in [6.45, 7) is 0. The van der Waals surface area contributed by atoms with E-state index in [0.29, 0.717) is 5.56 Å². The molecule has 1 heterocycles. The largest absolute Gasteiger partial charge is 0.298 e. The van der Waals surface area contributed by atoms with Crippen molar-refractivity contribution in [2.24, 2.45) is 0 Å². The molecule has 0 saturated heterocycles. The lowest BCUT2D eigenvalue weighted by Crippen LogP contribution is -2.29. The third kappa shape index (κ3) is 2.03. The van der Waals surface area contributed by atoms with Crippen molar-refractivity contribution in [3.63, 3.8) is 0 Å². The summed E-state index contributed by atoms with van der Waals surface area (Å²) in [5.74, 6) is 0. The van der Waals surface area contributed by atoms with Crippen LogP contribution in [0.15, 0.2) is 89.8 Å². The van der Waals surface area contributed by atoms with Crippen molar-refractivity contribution >= 4 is 10.1 Å². The lowest BCUT2D eigenvalue weighted by atomic mass is 9.80. The van der Waals surface area contributed by atoms with Gasteiger partial charge in [-0.2, -0.15) is 8.42 Å². The van der Waals surface area contributed by atoms with Crippen molar-refractivity contribution in [2.75, 3.05) is 0 Å². The molecule has 0 N–H and O–H groups in total. The van der Waals surface area contributed by atoms with Crippen LogP contribution < -0.4 is 0 Å². The van der Waals surface area contributed by atoms with Crippen molar-refractivity contribution in [2.45, 2.75) is 10.5 Å². The van der Waals surface area contributed by atoms with Gasteiger partial charge >= 0.3 is 0 Å². The minimum absolute atomic E-state index is 0.229. The van der Waals surface area contributed by atoms with Crippen molar-refractivity contribution in [3.05, 3.63) is 102 Å². The Bertz CT molecular complexity index is 909. The molecule has 0 atom stereocenters. The fraction of sp³-hybridized carbons (Fsp3) is 0.0526. The van der Waals surface area contributed by atoms with Crippen molar-refractivity contribution in [3.8, 4) is 0 Å². The Kier molecular flexibility index (Phi) is 3.11. The molecule has 0 spiro atoms. The molecule has 0 amide bonds. The van der Waals surface area contributed by atoms with Gasteiger partial charge in [0.25, 0.3) is 10.1 Å². The van der Waals surface area contributed by atoms with Crippen LogP contribution in [-0.4, -0.2) is 8.42 Å². The average Bonchev–Trinajstić information content (AvgIpc) is 2.86. The minimum Gasteiger partial charge on any atom is -0.245 e. The highest BCUT2D eigenvalue weighted by Gasteiger charge is 2.50. The maximum atomic E-state index is 12.6. The van der Waals surface area contributed by atoms with Gasteiger partial charge < -0.3 is 0 Å². The van der Waals surface area contributed by atoms with Crippen LogP contribution in [-0.2, 0) is 19.9 Å². The van der Waals surface area contributed by atoms with E-state index in [1.54, 1.807) is 12.1 Å². The molecule has 3 nitrogen and oxygen atoms in total. The molecule has 4 heteroatoms. The first kappa shape index (κ1) is 14.2. The Morgan fingerprint density at radius 1 is 0.652 bits per heavy atom. The first-order valence-corrected chi connectivity index (χ1v) is 8.72. The van der Waals surface area contributed by atoms with Crippen molar-refractivity contribution in [1.29, 1.82) is 0 Å². The van der Waals surface area contributed by atoms with E-state index < -0.39 is 15.7 Å². The number of hydrogen-bond donors (Lipinski definition) is 0. The van der Waals surface area contributed by atoms with Gasteiger partial charge in [0.15, 0.2) is 5.60 Å². The maximum absolute atomic E-state index is 12.6. The van der Waals surface area contributed by atoms with Gasteiger partial charge in [-0.05, 0) is 17.2 Å². The Balaban J connectivity index is 2.12. The molecule has 4 rings (SSSR count). The third-order valence-corrected chi connectivity index (χ3v) is 5.50. The first-order chi connectivity index (χ1) is 11.1.